The number of rotatable bonds is 5. The van der Waals surface area contributed by atoms with E-state index in [1.165, 1.54) is 0 Å². The molecular formula is C13H19N3O2. The van der Waals surface area contributed by atoms with Crippen molar-refractivity contribution in [3.8, 4) is 0 Å². The summed E-state index contributed by atoms with van der Waals surface area (Å²) in [6.07, 6.45) is 0. The Kier molecular flexibility index (Phi) is 3.63. The molecule has 0 unspecified atom stereocenters. The van der Waals surface area contributed by atoms with Gasteiger partial charge in [0, 0.05) is 25.1 Å². The van der Waals surface area contributed by atoms with Gasteiger partial charge in [0.05, 0.1) is 0 Å². The SMILES string of the molecule is CN(Cc1cccc2nonc12)CC(C)(C)CO. The van der Waals surface area contributed by atoms with Crippen LogP contribution < -0.4 is 0 Å². The first kappa shape index (κ1) is 13.0. The Morgan fingerprint density at radius 3 is 2.83 bits per heavy atom. The van der Waals surface area contributed by atoms with Gasteiger partial charge in [-0.2, -0.15) is 0 Å². The molecule has 0 aliphatic heterocycles. The zero-order valence-corrected chi connectivity index (χ0v) is 11.1. The van der Waals surface area contributed by atoms with E-state index in [4.69, 9.17) is 4.63 Å². The summed E-state index contributed by atoms with van der Waals surface area (Å²) < 4.78 is 4.75. The lowest BCUT2D eigenvalue weighted by Crippen LogP contribution is -2.33. The van der Waals surface area contributed by atoms with E-state index in [0.29, 0.717) is 0 Å². The largest absolute Gasteiger partial charge is 0.396 e. The highest BCUT2D eigenvalue weighted by atomic mass is 16.6. The minimum absolute atomic E-state index is 0.106. The normalized spacial score (nSPS) is 12.5. The molecule has 1 aromatic heterocycles. The zero-order chi connectivity index (χ0) is 13.2. The molecular weight excluding hydrogens is 230 g/mol. The molecule has 0 atom stereocenters. The van der Waals surface area contributed by atoms with Crippen LogP contribution in [0.1, 0.15) is 19.4 Å². The minimum Gasteiger partial charge on any atom is -0.396 e. The van der Waals surface area contributed by atoms with Crippen molar-refractivity contribution < 1.29 is 9.74 Å². The van der Waals surface area contributed by atoms with E-state index >= 15 is 0 Å². The van der Waals surface area contributed by atoms with Crippen LogP contribution in [0.2, 0.25) is 0 Å². The zero-order valence-electron chi connectivity index (χ0n) is 11.1. The third-order valence-electron chi connectivity index (χ3n) is 2.94. The van der Waals surface area contributed by atoms with E-state index in [2.05, 4.69) is 15.2 Å². The lowest BCUT2D eigenvalue weighted by atomic mass is 9.94. The quantitative estimate of drug-likeness (QED) is 0.873. The molecule has 1 heterocycles. The fourth-order valence-electron chi connectivity index (χ4n) is 2.12. The standard InChI is InChI=1S/C13H19N3O2/c1-13(2,9-17)8-16(3)7-10-5-4-6-11-12(10)15-18-14-11/h4-6,17H,7-9H2,1-3H3. The van der Waals surface area contributed by atoms with Gasteiger partial charge in [-0.1, -0.05) is 26.0 Å². The first-order valence-electron chi connectivity index (χ1n) is 6.01. The summed E-state index contributed by atoms with van der Waals surface area (Å²) in [4.78, 5) is 2.17. The Morgan fingerprint density at radius 2 is 2.11 bits per heavy atom. The molecule has 1 N–H and O–H groups in total. The first-order valence-corrected chi connectivity index (χ1v) is 6.01. The van der Waals surface area contributed by atoms with Gasteiger partial charge in [0.15, 0.2) is 0 Å². The predicted molar refractivity (Wildman–Crippen MR) is 69.0 cm³/mol. The number of fused-ring (bicyclic) bond motifs is 1. The molecule has 0 saturated carbocycles. The third kappa shape index (κ3) is 2.86. The van der Waals surface area contributed by atoms with Crippen LogP contribution in [0.3, 0.4) is 0 Å². The maximum Gasteiger partial charge on any atom is 0.139 e. The molecule has 2 aromatic rings. The van der Waals surface area contributed by atoms with Crippen molar-refractivity contribution in [2.75, 3.05) is 20.2 Å². The van der Waals surface area contributed by atoms with Gasteiger partial charge in [-0.3, -0.25) is 0 Å². The summed E-state index contributed by atoms with van der Waals surface area (Å²) >= 11 is 0. The number of aromatic nitrogens is 2. The highest BCUT2D eigenvalue weighted by Crippen LogP contribution is 2.19. The van der Waals surface area contributed by atoms with Gasteiger partial charge in [0.25, 0.3) is 0 Å². The monoisotopic (exact) mass is 249 g/mol. The molecule has 0 spiro atoms. The van der Waals surface area contributed by atoms with Gasteiger partial charge in [-0.25, -0.2) is 4.63 Å². The average molecular weight is 249 g/mol. The van der Waals surface area contributed by atoms with Crippen LogP contribution in [0.4, 0.5) is 0 Å². The highest BCUT2D eigenvalue weighted by molar-refractivity contribution is 5.76. The second-order valence-electron chi connectivity index (χ2n) is 5.54. The van der Waals surface area contributed by atoms with E-state index in [9.17, 15) is 5.11 Å². The Labute approximate surface area is 106 Å². The summed E-state index contributed by atoms with van der Waals surface area (Å²) in [5.41, 5.74) is 2.57. The molecule has 1 aromatic carbocycles. The molecule has 0 saturated heterocycles. The Bertz CT molecular complexity index is 522. The maximum absolute atomic E-state index is 9.28. The number of nitrogens with zero attached hydrogens (tertiary/aromatic N) is 3. The van der Waals surface area contributed by atoms with E-state index < -0.39 is 0 Å². The van der Waals surface area contributed by atoms with Gasteiger partial charge < -0.3 is 10.0 Å². The van der Waals surface area contributed by atoms with E-state index in [1.54, 1.807) is 0 Å². The molecule has 0 aliphatic rings. The number of benzene rings is 1. The molecule has 2 rings (SSSR count). The summed E-state index contributed by atoms with van der Waals surface area (Å²) in [6, 6.07) is 5.86. The second-order valence-corrected chi connectivity index (χ2v) is 5.54. The van der Waals surface area contributed by atoms with E-state index in [-0.39, 0.29) is 12.0 Å². The number of aliphatic hydroxyl groups excluding tert-OH is 1. The fraction of sp³-hybridized carbons (Fsp3) is 0.538. The van der Waals surface area contributed by atoms with Crippen LogP contribution in [0.5, 0.6) is 0 Å². The molecule has 0 amide bonds. The summed E-state index contributed by atoms with van der Waals surface area (Å²) in [5.74, 6) is 0. The van der Waals surface area contributed by atoms with Crippen molar-refractivity contribution in [1.29, 1.82) is 0 Å². The van der Waals surface area contributed by atoms with Crippen LogP contribution in [0.15, 0.2) is 22.8 Å². The molecule has 18 heavy (non-hydrogen) atoms. The number of hydrogen-bond donors (Lipinski definition) is 1. The summed E-state index contributed by atoms with van der Waals surface area (Å²) in [6.45, 7) is 5.83. The maximum atomic E-state index is 9.28. The van der Waals surface area contributed by atoms with Crippen molar-refractivity contribution in [2.24, 2.45) is 5.41 Å². The van der Waals surface area contributed by atoms with Crippen LogP contribution in [0, 0.1) is 5.41 Å². The molecule has 0 radical (unpaired) electrons. The van der Waals surface area contributed by atoms with Crippen LogP contribution in [-0.2, 0) is 6.54 Å². The smallest absolute Gasteiger partial charge is 0.139 e. The Morgan fingerprint density at radius 1 is 1.33 bits per heavy atom. The highest BCUT2D eigenvalue weighted by Gasteiger charge is 2.19. The molecule has 0 bridgehead atoms. The molecule has 0 fully saturated rings. The van der Waals surface area contributed by atoms with Crippen molar-refractivity contribution >= 4 is 11.0 Å². The predicted octanol–water partition coefficient (Wildman–Crippen LogP) is 1.67. The summed E-state index contributed by atoms with van der Waals surface area (Å²) in [7, 11) is 2.03. The van der Waals surface area contributed by atoms with Crippen LogP contribution in [0.25, 0.3) is 11.0 Å². The minimum atomic E-state index is -0.106. The first-order chi connectivity index (χ1) is 8.52. The van der Waals surface area contributed by atoms with Gasteiger partial charge >= 0.3 is 0 Å². The molecule has 5 nitrogen and oxygen atoms in total. The van der Waals surface area contributed by atoms with Gasteiger partial charge in [0.2, 0.25) is 0 Å². The Hall–Kier alpha value is -1.46. The average Bonchev–Trinajstić information content (AvgIpc) is 2.77. The third-order valence-corrected chi connectivity index (χ3v) is 2.94. The molecule has 98 valence electrons. The van der Waals surface area contributed by atoms with Gasteiger partial charge in [-0.15, -0.1) is 0 Å². The van der Waals surface area contributed by atoms with Gasteiger partial charge in [-0.05, 0) is 29.0 Å². The Balaban J connectivity index is 2.11. The van der Waals surface area contributed by atoms with Crippen LogP contribution >= 0.6 is 0 Å². The van der Waals surface area contributed by atoms with Crippen molar-refractivity contribution in [3.05, 3.63) is 23.8 Å². The second kappa shape index (κ2) is 5.04. The topological polar surface area (TPSA) is 62.4 Å². The van der Waals surface area contributed by atoms with Crippen molar-refractivity contribution in [2.45, 2.75) is 20.4 Å². The van der Waals surface area contributed by atoms with Crippen molar-refractivity contribution in [1.82, 2.24) is 15.2 Å². The summed E-state index contributed by atoms with van der Waals surface area (Å²) in [5, 5.41) is 17.0. The number of aliphatic hydroxyl groups is 1. The molecule has 5 heteroatoms. The lowest BCUT2D eigenvalue weighted by Gasteiger charge is -2.28. The van der Waals surface area contributed by atoms with Crippen LogP contribution in [-0.4, -0.2) is 40.5 Å². The molecule has 0 aliphatic carbocycles. The lowest BCUT2D eigenvalue weighted by molar-refractivity contribution is 0.112. The number of hydrogen-bond acceptors (Lipinski definition) is 5. The van der Waals surface area contributed by atoms with Crippen molar-refractivity contribution in [3.63, 3.8) is 0 Å². The van der Waals surface area contributed by atoms with Gasteiger partial charge in [0.1, 0.15) is 11.0 Å². The fourth-order valence-corrected chi connectivity index (χ4v) is 2.12. The van der Waals surface area contributed by atoms with E-state index in [0.717, 1.165) is 29.7 Å². The van der Waals surface area contributed by atoms with E-state index in [1.807, 2.05) is 39.1 Å².